The molecule has 1 atom stereocenters. The highest BCUT2D eigenvalue weighted by molar-refractivity contribution is 8.03. The molecule has 2 aliphatic carbocycles. The highest BCUT2D eigenvalue weighted by Gasteiger charge is 2.23. The zero-order valence-corrected chi connectivity index (χ0v) is 14.8. The van der Waals surface area contributed by atoms with Crippen molar-refractivity contribution in [1.82, 2.24) is 5.32 Å². The predicted octanol–water partition coefficient (Wildman–Crippen LogP) is 4.77. The van der Waals surface area contributed by atoms with Gasteiger partial charge in [0.2, 0.25) is 0 Å². The van der Waals surface area contributed by atoms with Crippen molar-refractivity contribution < 1.29 is 0 Å². The fraction of sp³-hybridized carbons (Fsp3) is 0.600. The van der Waals surface area contributed by atoms with Gasteiger partial charge < -0.3 is 10.0 Å². The molecule has 1 aliphatic heterocycles. The average Bonchev–Trinajstić information content (AvgIpc) is 3.23. The Morgan fingerprint density at radius 3 is 2.52 bits per heavy atom. The smallest absolute Gasteiger partial charge is 0.0512 e. The molecule has 3 aliphatic rings. The average molecular weight is 329 g/mol. The lowest BCUT2D eigenvalue weighted by Crippen LogP contribution is -2.33. The van der Waals surface area contributed by atoms with Crippen LogP contribution in [-0.4, -0.2) is 12.6 Å². The quantitative estimate of drug-likeness (QED) is 0.761. The van der Waals surface area contributed by atoms with Crippen LogP contribution >= 0.6 is 11.9 Å². The van der Waals surface area contributed by atoms with Gasteiger partial charge in [-0.1, -0.05) is 18.6 Å². The van der Waals surface area contributed by atoms with Gasteiger partial charge in [-0.15, -0.1) is 0 Å². The second-order valence-electron chi connectivity index (χ2n) is 7.21. The van der Waals surface area contributed by atoms with Crippen molar-refractivity contribution in [3.8, 4) is 0 Å². The van der Waals surface area contributed by atoms with E-state index in [4.69, 9.17) is 0 Å². The molecule has 0 spiro atoms. The van der Waals surface area contributed by atoms with Gasteiger partial charge in [0.1, 0.15) is 0 Å². The maximum absolute atomic E-state index is 3.69. The largest absolute Gasteiger partial charge is 0.326 e. The van der Waals surface area contributed by atoms with Gasteiger partial charge in [-0.3, -0.25) is 0 Å². The number of hydrogen-bond acceptors (Lipinski definition) is 3. The lowest BCUT2D eigenvalue weighted by Gasteiger charge is -2.21. The molecule has 1 heterocycles. The van der Waals surface area contributed by atoms with E-state index in [2.05, 4.69) is 27.6 Å². The molecule has 2 nitrogen and oxygen atoms in total. The molecule has 0 amide bonds. The maximum atomic E-state index is 3.69. The summed E-state index contributed by atoms with van der Waals surface area (Å²) in [6, 6.07) is 3.20. The van der Waals surface area contributed by atoms with Crippen LogP contribution in [0.3, 0.4) is 0 Å². The van der Waals surface area contributed by atoms with Crippen molar-refractivity contribution in [3.63, 3.8) is 0 Å². The van der Waals surface area contributed by atoms with E-state index >= 15 is 0 Å². The van der Waals surface area contributed by atoms with E-state index in [-0.39, 0.29) is 0 Å². The number of rotatable bonds is 5. The molecule has 0 bridgehead atoms. The summed E-state index contributed by atoms with van der Waals surface area (Å²) in [7, 11) is 0. The van der Waals surface area contributed by atoms with Crippen LogP contribution in [0.2, 0.25) is 0 Å². The zero-order valence-electron chi connectivity index (χ0n) is 14.0. The van der Waals surface area contributed by atoms with Crippen molar-refractivity contribution in [2.24, 2.45) is 0 Å². The van der Waals surface area contributed by atoms with E-state index in [9.17, 15) is 0 Å². The molecule has 4 rings (SSSR count). The summed E-state index contributed by atoms with van der Waals surface area (Å²) in [6.45, 7) is 1.20. The van der Waals surface area contributed by atoms with Crippen molar-refractivity contribution in [2.75, 3.05) is 11.3 Å². The van der Waals surface area contributed by atoms with Gasteiger partial charge >= 0.3 is 0 Å². The van der Waals surface area contributed by atoms with Crippen LogP contribution in [0.4, 0.5) is 5.69 Å². The Balaban J connectivity index is 1.37. The Hall–Kier alpha value is -0.930. The first-order chi connectivity index (χ1) is 11.4. The van der Waals surface area contributed by atoms with Crippen LogP contribution in [0.5, 0.6) is 0 Å². The minimum atomic E-state index is 0.700. The summed E-state index contributed by atoms with van der Waals surface area (Å²) in [5.74, 6) is 0. The molecular weight excluding hydrogens is 300 g/mol. The maximum Gasteiger partial charge on any atom is 0.0512 e. The van der Waals surface area contributed by atoms with Crippen LogP contribution in [0.15, 0.2) is 17.6 Å². The monoisotopic (exact) mass is 328 g/mol. The standard InChI is InChI=1S/C20H28N2S/c1-2-12-21-17(8-1)9-5-13-23-22-20-18-10-3-6-15(18)14-16-7-4-11-19(16)20/h5,13-14,17,21-22H,1-4,6-12H2/b13-5+. The number of aryl methyl sites for hydroxylation is 2. The second kappa shape index (κ2) is 7.31. The number of benzene rings is 1. The Morgan fingerprint density at radius 1 is 1.04 bits per heavy atom. The molecule has 1 fully saturated rings. The Bertz CT molecular complexity index is 556. The lowest BCUT2D eigenvalue weighted by atomic mass is 9.99. The number of piperidine rings is 1. The molecule has 23 heavy (non-hydrogen) atoms. The molecule has 0 radical (unpaired) electrons. The summed E-state index contributed by atoms with van der Waals surface area (Å²) in [5, 5.41) is 5.87. The first-order valence-corrected chi connectivity index (χ1v) is 10.3. The summed E-state index contributed by atoms with van der Waals surface area (Å²) in [6.07, 6.45) is 15.3. The number of fused-ring (bicyclic) bond motifs is 2. The molecular formula is C20H28N2S. The summed E-state index contributed by atoms with van der Waals surface area (Å²) >= 11 is 1.77. The SMILES string of the molecule is C(=C\SNc1c2c(cc3c1CCC3)CCC2)/CC1CCCCN1. The Labute approximate surface area is 144 Å². The summed E-state index contributed by atoms with van der Waals surface area (Å²) in [5.41, 5.74) is 7.92. The van der Waals surface area contributed by atoms with Crippen molar-refractivity contribution in [3.05, 3.63) is 39.8 Å². The molecule has 1 aromatic rings. The normalized spacial score (nSPS) is 23.2. The van der Waals surface area contributed by atoms with Gasteiger partial charge in [0.05, 0.1) is 5.69 Å². The lowest BCUT2D eigenvalue weighted by molar-refractivity contribution is 0.404. The number of hydrogen-bond donors (Lipinski definition) is 2. The van der Waals surface area contributed by atoms with Crippen LogP contribution in [0.25, 0.3) is 0 Å². The van der Waals surface area contributed by atoms with Gasteiger partial charge in [0, 0.05) is 6.04 Å². The van der Waals surface area contributed by atoms with Gasteiger partial charge in [-0.25, -0.2) is 0 Å². The van der Waals surface area contributed by atoms with Gasteiger partial charge in [0.15, 0.2) is 0 Å². The zero-order chi connectivity index (χ0) is 15.5. The van der Waals surface area contributed by atoms with Crippen molar-refractivity contribution in [1.29, 1.82) is 0 Å². The van der Waals surface area contributed by atoms with Crippen LogP contribution in [-0.2, 0) is 25.7 Å². The first-order valence-electron chi connectivity index (χ1n) is 9.38. The van der Waals surface area contributed by atoms with Crippen LogP contribution in [0, 0.1) is 0 Å². The third-order valence-electron chi connectivity index (χ3n) is 5.63. The number of nitrogens with one attached hydrogen (secondary N) is 2. The van der Waals surface area contributed by atoms with E-state index in [0.717, 1.165) is 0 Å². The van der Waals surface area contributed by atoms with E-state index < -0.39 is 0 Å². The van der Waals surface area contributed by atoms with Crippen molar-refractivity contribution >= 4 is 17.6 Å². The molecule has 1 aromatic carbocycles. The molecule has 0 aromatic heterocycles. The van der Waals surface area contributed by atoms with E-state index in [1.807, 2.05) is 0 Å². The molecule has 1 saturated heterocycles. The minimum absolute atomic E-state index is 0.700. The molecule has 0 saturated carbocycles. The van der Waals surface area contributed by atoms with E-state index in [1.165, 1.54) is 76.4 Å². The fourth-order valence-corrected chi connectivity index (χ4v) is 5.07. The molecule has 124 valence electrons. The Morgan fingerprint density at radius 2 is 1.83 bits per heavy atom. The summed E-state index contributed by atoms with van der Waals surface area (Å²) in [4.78, 5) is 0. The van der Waals surface area contributed by atoms with Crippen molar-refractivity contribution in [2.45, 2.75) is 70.3 Å². The Kier molecular flexibility index (Phi) is 4.96. The molecule has 3 heteroatoms. The van der Waals surface area contributed by atoms with Crippen LogP contribution in [0.1, 0.15) is 60.8 Å². The third-order valence-corrected chi connectivity index (χ3v) is 6.28. The third kappa shape index (κ3) is 3.46. The van der Waals surface area contributed by atoms with Crippen LogP contribution < -0.4 is 10.0 Å². The first kappa shape index (κ1) is 15.6. The van der Waals surface area contributed by atoms with Gasteiger partial charge in [-0.2, -0.15) is 0 Å². The highest BCUT2D eigenvalue weighted by Crippen LogP contribution is 2.39. The van der Waals surface area contributed by atoms with Gasteiger partial charge in [-0.05, 0) is 104 Å². The van der Waals surface area contributed by atoms with Gasteiger partial charge in [0.25, 0.3) is 0 Å². The predicted molar refractivity (Wildman–Crippen MR) is 101 cm³/mol. The molecule has 1 unspecified atom stereocenters. The topological polar surface area (TPSA) is 24.1 Å². The van der Waals surface area contributed by atoms with E-state index in [1.54, 1.807) is 34.2 Å². The van der Waals surface area contributed by atoms with E-state index in [0.29, 0.717) is 6.04 Å². The summed E-state index contributed by atoms with van der Waals surface area (Å²) < 4.78 is 3.69. The minimum Gasteiger partial charge on any atom is -0.326 e. The number of anilines is 1. The molecule has 2 N–H and O–H groups in total. The fourth-order valence-electron chi connectivity index (χ4n) is 4.43. The second-order valence-corrected chi connectivity index (χ2v) is 7.92. The highest BCUT2D eigenvalue weighted by atomic mass is 32.2.